The van der Waals surface area contributed by atoms with Crippen molar-refractivity contribution in [2.24, 2.45) is 0 Å². The molecule has 0 bridgehead atoms. The Morgan fingerprint density at radius 3 is 2.62 bits per heavy atom. The fourth-order valence-corrected chi connectivity index (χ4v) is 4.48. The van der Waals surface area contributed by atoms with Gasteiger partial charge in [0.2, 0.25) is 17.6 Å². The first-order chi connectivity index (χ1) is 14.2. The highest BCUT2D eigenvalue weighted by molar-refractivity contribution is 7.13. The predicted octanol–water partition coefficient (Wildman–Crippen LogP) is 5.40. The minimum Gasteiger partial charge on any atom is -0.344 e. The van der Waals surface area contributed by atoms with Gasteiger partial charge in [0.25, 0.3) is 0 Å². The molecule has 0 spiro atoms. The SMILES string of the molecule is Cc1ccc(C(NC(=O)CCCc2nc(-c3cccs3)no2)c2cccs2)cc1. The van der Waals surface area contributed by atoms with Gasteiger partial charge in [-0.2, -0.15) is 4.98 Å². The van der Waals surface area contributed by atoms with E-state index in [2.05, 4.69) is 52.7 Å². The van der Waals surface area contributed by atoms with Gasteiger partial charge in [-0.25, -0.2) is 0 Å². The zero-order valence-electron chi connectivity index (χ0n) is 16.0. The van der Waals surface area contributed by atoms with E-state index in [1.807, 2.05) is 29.0 Å². The third-order valence-corrected chi connectivity index (χ3v) is 6.35. The summed E-state index contributed by atoms with van der Waals surface area (Å²) in [5, 5.41) is 11.2. The van der Waals surface area contributed by atoms with Gasteiger partial charge in [0.1, 0.15) is 0 Å². The van der Waals surface area contributed by atoms with Crippen LogP contribution >= 0.6 is 22.7 Å². The average Bonchev–Trinajstić information content (AvgIpc) is 3.49. The van der Waals surface area contributed by atoms with Crippen molar-refractivity contribution >= 4 is 28.6 Å². The molecule has 0 aliphatic heterocycles. The van der Waals surface area contributed by atoms with Gasteiger partial charge < -0.3 is 9.84 Å². The van der Waals surface area contributed by atoms with Crippen molar-refractivity contribution in [1.82, 2.24) is 15.5 Å². The maximum absolute atomic E-state index is 12.6. The standard InChI is InChI=1S/C22H21N3O2S2/c1-15-9-11-16(12-10-15)21(17-5-3-13-28-17)23-19(26)7-2-8-20-24-22(25-27-20)18-6-4-14-29-18/h3-6,9-14,21H,2,7-8H2,1H3,(H,23,26). The summed E-state index contributed by atoms with van der Waals surface area (Å²) in [6, 6.07) is 16.1. The molecule has 1 atom stereocenters. The molecule has 1 unspecified atom stereocenters. The van der Waals surface area contributed by atoms with Crippen molar-refractivity contribution in [2.75, 3.05) is 0 Å². The summed E-state index contributed by atoms with van der Waals surface area (Å²) >= 11 is 3.22. The van der Waals surface area contributed by atoms with Crippen LogP contribution in [0.15, 0.2) is 63.8 Å². The minimum absolute atomic E-state index is 0.0157. The number of nitrogens with zero attached hydrogens (tertiary/aromatic N) is 2. The van der Waals surface area contributed by atoms with Crippen molar-refractivity contribution < 1.29 is 9.32 Å². The summed E-state index contributed by atoms with van der Waals surface area (Å²) < 4.78 is 5.31. The highest BCUT2D eigenvalue weighted by atomic mass is 32.1. The van der Waals surface area contributed by atoms with Crippen LogP contribution < -0.4 is 5.32 Å². The van der Waals surface area contributed by atoms with Crippen LogP contribution in [0.25, 0.3) is 10.7 Å². The first kappa shape index (κ1) is 19.5. The summed E-state index contributed by atoms with van der Waals surface area (Å²) in [5.74, 6) is 1.19. The lowest BCUT2D eigenvalue weighted by Gasteiger charge is -2.18. The second-order valence-corrected chi connectivity index (χ2v) is 8.70. The van der Waals surface area contributed by atoms with Gasteiger partial charge in [0, 0.05) is 17.7 Å². The number of hydrogen-bond acceptors (Lipinski definition) is 6. The molecule has 4 rings (SSSR count). The summed E-state index contributed by atoms with van der Waals surface area (Å²) in [4.78, 5) is 19.1. The molecular formula is C22H21N3O2S2. The molecule has 1 aromatic carbocycles. The molecule has 7 heteroatoms. The van der Waals surface area contributed by atoms with E-state index in [0.717, 1.165) is 15.3 Å². The number of rotatable bonds is 8. The number of aromatic nitrogens is 2. The second kappa shape index (κ2) is 9.15. The zero-order chi connectivity index (χ0) is 20.1. The van der Waals surface area contributed by atoms with Gasteiger partial charge in [-0.05, 0) is 41.8 Å². The molecule has 148 valence electrons. The smallest absolute Gasteiger partial charge is 0.226 e. The van der Waals surface area contributed by atoms with Crippen molar-refractivity contribution in [1.29, 1.82) is 0 Å². The molecule has 0 saturated heterocycles. The fraction of sp³-hybridized carbons (Fsp3) is 0.227. The Hall–Kier alpha value is -2.77. The Kier molecular flexibility index (Phi) is 6.17. The van der Waals surface area contributed by atoms with Crippen molar-refractivity contribution in [2.45, 2.75) is 32.2 Å². The minimum atomic E-state index is -0.128. The Morgan fingerprint density at radius 1 is 1.10 bits per heavy atom. The number of nitrogens with one attached hydrogen (secondary N) is 1. The largest absolute Gasteiger partial charge is 0.344 e. The predicted molar refractivity (Wildman–Crippen MR) is 116 cm³/mol. The van der Waals surface area contributed by atoms with E-state index in [1.54, 1.807) is 22.7 Å². The maximum Gasteiger partial charge on any atom is 0.226 e. The number of hydrogen-bond donors (Lipinski definition) is 1. The number of thiophene rings is 2. The van der Waals surface area contributed by atoms with E-state index in [4.69, 9.17) is 4.52 Å². The fourth-order valence-electron chi connectivity index (χ4n) is 3.03. The maximum atomic E-state index is 12.6. The van der Waals surface area contributed by atoms with E-state index in [1.165, 1.54) is 5.56 Å². The molecule has 1 amide bonds. The van der Waals surface area contributed by atoms with Crippen LogP contribution in [0.4, 0.5) is 0 Å². The summed E-state index contributed by atoms with van der Waals surface area (Å²) in [6.45, 7) is 2.06. The molecule has 0 aliphatic rings. The van der Waals surface area contributed by atoms with E-state index < -0.39 is 0 Å². The number of carbonyl (C=O) groups is 1. The van der Waals surface area contributed by atoms with Crippen LogP contribution in [0.3, 0.4) is 0 Å². The van der Waals surface area contributed by atoms with Gasteiger partial charge in [-0.1, -0.05) is 47.1 Å². The summed E-state index contributed by atoms with van der Waals surface area (Å²) in [7, 11) is 0. The normalized spacial score (nSPS) is 12.0. The molecule has 29 heavy (non-hydrogen) atoms. The molecule has 0 fully saturated rings. The van der Waals surface area contributed by atoms with E-state index in [0.29, 0.717) is 31.0 Å². The van der Waals surface area contributed by atoms with Crippen molar-refractivity contribution in [3.63, 3.8) is 0 Å². The molecule has 0 saturated carbocycles. The molecule has 5 nitrogen and oxygen atoms in total. The summed E-state index contributed by atoms with van der Waals surface area (Å²) in [5.41, 5.74) is 2.29. The lowest BCUT2D eigenvalue weighted by molar-refractivity contribution is -0.121. The highest BCUT2D eigenvalue weighted by Gasteiger charge is 2.18. The lowest BCUT2D eigenvalue weighted by atomic mass is 10.0. The van der Waals surface area contributed by atoms with Gasteiger partial charge >= 0.3 is 0 Å². The van der Waals surface area contributed by atoms with Gasteiger partial charge in [0.05, 0.1) is 10.9 Å². The molecular weight excluding hydrogens is 402 g/mol. The molecule has 1 N–H and O–H groups in total. The number of amides is 1. The van der Waals surface area contributed by atoms with Crippen LogP contribution in [-0.2, 0) is 11.2 Å². The van der Waals surface area contributed by atoms with Crippen molar-refractivity contribution in [3.05, 3.63) is 81.2 Å². The van der Waals surface area contributed by atoms with Gasteiger partial charge in [0.15, 0.2) is 0 Å². The highest BCUT2D eigenvalue weighted by Crippen LogP contribution is 2.26. The topological polar surface area (TPSA) is 68.0 Å². The Morgan fingerprint density at radius 2 is 1.90 bits per heavy atom. The first-order valence-electron chi connectivity index (χ1n) is 9.45. The van der Waals surface area contributed by atoms with Crippen LogP contribution in [0, 0.1) is 6.92 Å². The number of carbonyl (C=O) groups excluding carboxylic acids is 1. The third-order valence-electron chi connectivity index (χ3n) is 4.55. The average molecular weight is 424 g/mol. The Bertz CT molecular complexity index is 1040. The van der Waals surface area contributed by atoms with Gasteiger partial charge in [-0.3, -0.25) is 4.79 Å². The Balaban J connectivity index is 1.34. The van der Waals surface area contributed by atoms with Crippen LogP contribution in [0.2, 0.25) is 0 Å². The second-order valence-electron chi connectivity index (χ2n) is 6.77. The van der Waals surface area contributed by atoms with Crippen molar-refractivity contribution in [3.8, 4) is 10.7 Å². The molecule has 0 aliphatic carbocycles. The van der Waals surface area contributed by atoms with Crippen LogP contribution in [-0.4, -0.2) is 16.0 Å². The molecule has 3 aromatic heterocycles. The monoisotopic (exact) mass is 423 g/mol. The lowest BCUT2D eigenvalue weighted by Crippen LogP contribution is -2.28. The van der Waals surface area contributed by atoms with Crippen LogP contribution in [0.5, 0.6) is 0 Å². The van der Waals surface area contributed by atoms with E-state index in [9.17, 15) is 4.79 Å². The number of benzene rings is 1. The molecule has 3 heterocycles. The van der Waals surface area contributed by atoms with Crippen LogP contribution in [0.1, 0.15) is 40.8 Å². The molecule has 4 aromatic rings. The Labute approximate surface area is 177 Å². The summed E-state index contributed by atoms with van der Waals surface area (Å²) in [6.07, 6.45) is 1.65. The first-order valence-corrected chi connectivity index (χ1v) is 11.2. The van der Waals surface area contributed by atoms with Gasteiger partial charge in [-0.15, -0.1) is 22.7 Å². The zero-order valence-corrected chi connectivity index (χ0v) is 17.6. The van der Waals surface area contributed by atoms with E-state index >= 15 is 0 Å². The molecule has 0 radical (unpaired) electrons. The third kappa shape index (κ3) is 4.99. The number of aryl methyl sites for hydroxylation is 2. The quantitative estimate of drug-likeness (QED) is 0.412. The van der Waals surface area contributed by atoms with E-state index in [-0.39, 0.29) is 11.9 Å².